The van der Waals surface area contributed by atoms with Gasteiger partial charge in [0.25, 0.3) is 6.47 Å². The first kappa shape index (κ1) is 39.9. The first-order valence-corrected chi connectivity index (χ1v) is 14.2. The van der Waals surface area contributed by atoms with Gasteiger partial charge in [0, 0.05) is 23.7 Å². The number of rotatable bonds is 8. The van der Waals surface area contributed by atoms with E-state index in [0.29, 0.717) is 25.7 Å². The maximum Gasteiger partial charge on any atom is 0.305 e. The second-order valence-electron chi connectivity index (χ2n) is 11.0. The Morgan fingerprint density at radius 3 is 2.23 bits per heavy atom. The molecular weight excluding hydrogens is 508 g/mol. The van der Waals surface area contributed by atoms with Gasteiger partial charge >= 0.3 is 5.97 Å². The van der Waals surface area contributed by atoms with Gasteiger partial charge in [-0.15, -0.1) is 0 Å². The van der Waals surface area contributed by atoms with Crippen molar-refractivity contribution in [3.05, 3.63) is 23.8 Å². The van der Waals surface area contributed by atoms with Gasteiger partial charge in [-0.05, 0) is 54.6 Å². The summed E-state index contributed by atoms with van der Waals surface area (Å²) in [5, 5.41) is 11.5. The molecular formula is C33H58O7. The molecule has 0 aromatic rings. The molecule has 8 atom stereocenters. The molecule has 0 aromatic carbocycles. The van der Waals surface area contributed by atoms with E-state index in [-0.39, 0.29) is 79.4 Å². The van der Waals surface area contributed by atoms with Crippen LogP contribution in [0.3, 0.4) is 0 Å². The third-order valence-corrected chi connectivity index (χ3v) is 9.09. The third-order valence-electron chi connectivity index (χ3n) is 9.09. The molecule has 3 unspecified atom stereocenters. The molecule has 3 aliphatic carbocycles. The first-order valence-electron chi connectivity index (χ1n) is 14.2. The maximum atomic E-state index is 12.9. The van der Waals surface area contributed by atoms with Crippen molar-refractivity contribution >= 4 is 24.0 Å². The second kappa shape index (κ2) is 17.5. The largest absolute Gasteiger partial charge is 0.469 e. The Morgan fingerprint density at radius 2 is 1.77 bits per heavy atom. The summed E-state index contributed by atoms with van der Waals surface area (Å²) in [4.78, 5) is 45.6. The number of ketones is 2. The van der Waals surface area contributed by atoms with Crippen LogP contribution in [0.2, 0.25) is 0 Å². The van der Waals surface area contributed by atoms with Gasteiger partial charge in [0.15, 0.2) is 11.6 Å². The van der Waals surface area contributed by atoms with Crippen LogP contribution in [0, 0.1) is 40.4 Å². The smallest absolute Gasteiger partial charge is 0.305 e. The number of esters is 1. The average Bonchev–Trinajstić information content (AvgIpc) is 2.89. The van der Waals surface area contributed by atoms with Crippen LogP contribution < -0.4 is 0 Å². The molecule has 232 valence electrons. The fraction of sp³-hybridized carbons (Fsp3) is 0.758. The van der Waals surface area contributed by atoms with Crippen molar-refractivity contribution in [3.8, 4) is 0 Å². The first-order chi connectivity index (χ1) is 17.9. The molecule has 3 aliphatic rings. The Labute approximate surface area is 244 Å². The fourth-order valence-corrected chi connectivity index (χ4v) is 7.72. The quantitative estimate of drug-likeness (QED) is 0.255. The topological polar surface area (TPSA) is 107 Å². The number of hydrogen-bond donors (Lipinski definition) is 1. The molecule has 3 rings (SSSR count). The van der Waals surface area contributed by atoms with Gasteiger partial charge in [-0.1, -0.05) is 88.3 Å². The minimum Gasteiger partial charge on any atom is -0.469 e. The summed E-state index contributed by atoms with van der Waals surface area (Å²) in [6, 6.07) is 0. The van der Waals surface area contributed by atoms with Crippen LogP contribution in [0.1, 0.15) is 102 Å². The highest BCUT2D eigenvalue weighted by Gasteiger charge is 2.60. The lowest BCUT2D eigenvalue weighted by atomic mass is 9.43. The molecule has 7 heteroatoms. The molecule has 0 heterocycles. The number of Topliss-reactive ketones (excluding diaryl/α,β-unsaturated/α-hetero) is 1. The van der Waals surface area contributed by atoms with E-state index in [9.17, 15) is 24.3 Å². The number of fused-ring (bicyclic) bond motifs is 3. The fourth-order valence-electron chi connectivity index (χ4n) is 7.72. The van der Waals surface area contributed by atoms with Gasteiger partial charge in [-0.3, -0.25) is 19.2 Å². The Bertz CT molecular complexity index is 885. The molecule has 0 amide bonds. The van der Waals surface area contributed by atoms with E-state index in [0.717, 1.165) is 18.4 Å². The highest BCUT2D eigenvalue weighted by Crippen LogP contribution is 2.64. The van der Waals surface area contributed by atoms with Crippen LogP contribution in [0.25, 0.3) is 0 Å². The monoisotopic (exact) mass is 566 g/mol. The Kier molecular flexibility index (Phi) is 17.5. The minimum absolute atomic E-state index is 0. The second-order valence-corrected chi connectivity index (χ2v) is 11.0. The van der Waals surface area contributed by atoms with Crippen molar-refractivity contribution in [3.63, 3.8) is 0 Å². The predicted octanol–water partition coefficient (Wildman–Crippen LogP) is 6.76. The van der Waals surface area contributed by atoms with E-state index < -0.39 is 6.10 Å². The Hall–Kier alpha value is -2.28. The number of carbonyl (C=O) groups excluding carboxylic acids is 4. The molecule has 0 bridgehead atoms. The molecule has 0 saturated heterocycles. The molecule has 0 radical (unpaired) electrons. The van der Waals surface area contributed by atoms with Crippen molar-refractivity contribution in [1.29, 1.82) is 0 Å². The van der Waals surface area contributed by atoms with Crippen LogP contribution in [0.5, 0.6) is 0 Å². The number of aliphatic hydroxyl groups excluding tert-OH is 1. The molecule has 7 nitrogen and oxygen atoms in total. The summed E-state index contributed by atoms with van der Waals surface area (Å²) >= 11 is 0. The Morgan fingerprint density at radius 1 is 1.18 bits per heavy atom. The zero-order valence-electron chi connectivity index (χ0n) is 24.9. The molecule has 2 fully saturated rings. The summed E-state index contributed by atoms with van der Waals surface area (Å²) in [5.74, 6) is 0.355. The number of methoxy groups -OCH3 is 1. The molecule has 0 aliphatic heterocycles. The molecule has 0 aromatic heterocycles. The van der Waals surface area contributed by atoms with E-state index in [1.54, 1.807) is 19.1 Å². The van der Waals surface area contributed by atoms with Crippen LogP contribution in [0.4, 0.5) is 0 Å². The van der Waals surface area contributed by atoms with Crippen molar-refractivity contribution in [2.45, 2.75) is 108 Å². The lowest BCUT2D eigenvalue weighted by Gasteiger charge is -2.62. The number of carbonyl (C=O) groups is 4. The zero-order chi connectivity index (χ0) is 29.3. The van der Waals surface area contributed by atoms with Gasteiger partial charge in [0.1, 0.15) is 6.61 Å². The van der Waals surface area contributed by atoms with E-state index in [1.165, 1.54) is 7.11 Å². The summed E-state index contributed by atoms with van der Waals surface area (Å²) < 4.78 is 9.05. The average molecular weight is 567 g/mol. The number of ether oxygens (including phenoxy) is 2. The molecule has 40 heavy (non-hydrogen) atoms. The summed E-state index contributed by atoms with van der Waals surface area (Å²) in [6.07, 6.45) is 8.37. The number of allylic oxidation sites excluding steroid dienone is 4. The van der Waals surface area contributed by atoms with Gasteiger partial charge in [0.2, 0.25) is 0 Å². The zero-order valence-corrected chi connectivity index (χ0v) is 24.9. The molecule has 2 saturated carbocycles. The van der Waals surface area contributed by atoms with Crippen molar-refractivity contribution in [2.24, 2.45) is 40.4 Å². The standard InChI is InChI=1S/C25H36O5.C4H8O2.C2H6.2CH4/c1-6-18-17-10-15(3)20-11-16(27)8-9-24(20,4)23(17)21(28)12-25(18,5)19(7-2)22(29)13-30-14-26;1-3-4(5)6-2;1-2;;/h8-9,11,14-15,17-19,21,23,28H,6-7,10,12-13H2,1-5H3;3H2,1-2H3;1-2H3;2*1H4/t15-,17-,18?,19?,21-,23?,24-,25-;;;;/m0..../s1. The van der Waals surface area contributed by atoms with Gasteiger partial charge in [0.05, 0.1) is 13.2 Å². The lowest BCUT2D eigenvalue weighted by molar-refractivity contribution is -0.159. The molecule has 1 N–H and O–H groups in total. The Balaban J connectivity index is 0. The van der Waals surface area contributed by atoms with Crippen LogP contribution in [-0.2, 0) is 28.7 Å². The van der Waals surface area contributed by atoms with Gasteiger partial charge in [-0.2, -0.15) is 0 Å². The normalized spacial score (nSPS) is 32.3. The number of aliphatic hydroxyl groups is 1. The van der Waals surface area contributed by atoms with Crippen LogP contribution >= 0.6 is 0 Å². The highest BCUT2D eigenvalue weighted by atomic mass is 16.5. The van der Waals surface area contributed by atoms with Crippen molar-refractivity contribution < 1.29 is 33.8 Å². The SMILES string of the molecule is C.C.CC.CCC(=O)OC.CCC(C(=O)COC=O)[C@@]1(C)C[C@H](O)C2[C@@H](C[C@H](C)C3=CC(=O)C=C[C@@]32C)C1CC. The van der Waals surface area contributed by atoms with E-state index >= 15 is 0 Å². The maximum absolute atomic E-state index is 12.9. The predicted molar refractivity (Wildman–Crippen MR) is 162 cm³/mol. The van der Waals surface area contributed by atoms with Crippen LogP contribution in [0.15, 0.2) is 23.8 Å². The third kappa shape index (κ3) is 8.14. The van der Waals surface area contributed by atoms with E-state index in [1.807, 2.05) is 26.8 Å². The highest BCUT2D eigenvalue weighted by molar-refractivity contribution is 6.01. The summed E-state index contributed by atoms with van der Waals surface area (Å²) in [7, 11) is 1.38. The minimum atomic E-state index is -0.560. The van der Waals surface area contributed by atoms with Crippen molar-refractivity contribution in [2.75, 3.05) is 13.7 Å². The summed E-state index contributed by atoms with van der Waals surface area (Å²) in [6.45, 7) is 16.5. The lowest BCUT2D eigenvalue weighted by Crippen LogP contribution is -2.59. The van der Waals surface area contributed by atoms with Crippen molar-refractivity contribution in [1.82, 2.24) is 0 Å². The number of hydrogen-bond acceptors (Lipinski definition) is 7. The van der Waals surface area contributed by atoms with E-state index in [4.69, 9.17) is 4.74 Å². The van der Waals surface area contributed by atoms with Gasteiger partial charge < -0.3 is 14.6 Å². The summed E-state index contributed by atoms with van der Waals surface area (Å²) in [5.41, 5.74) is 0.437. The van der Waals surface area contributed by atoms with E-state index in [2.05, 4.69) is 32.4 Å². The molecule has 0 spiro atoms. The van der Waals surface area contributed by atoms with Crippen LogP contribution in [-0.4, -0.2) is 48.9 Å². The van der Waals surface area contributed by atoms with Gasteiger partial charge in [-0.25, -0.2) is 0 Å².